The Hall–Kier alpha value is -2.35. The molecule has 0 saturated carbocycles. The molecule has 0 aliphatic rings. The molecule has 1 aromatic heterocycles. The number of hydrogen-bond acceptors (Lipinski definition) is 5. The largest absolute Gasteiger partial charge is 0.337 e. The number of carbonyl (C=O) groups is 1. The number of rotatable bonds is 4. The van der Waals surface area contributed by atoms with Crippen LogP contribution in [0.5, 0.6) is 0 Å². The van der Waals surface area contributed by atoms with Crippen molar-refractivity contribution in [3.63, 3.8) is 0 Å². The molecule has 2 rings (SSSR count). The zero-order valence-corrected chi connectivity index (χ0v) is 13.5. The number of sulfonamides is 1. The van der Waals surface area contributed by atoms with Crippen LogP contribution in [0, 0.1) is 20.8 Å². The van der Waals surface area contributed by atoms with Gasteiger partial charge in [-0.3, -0.25) is 4.79 Å². The van der Waals surface area contributed by atoms with Gasteiger partial charge in [-0.2, -0.15) is 0 Å². The Balaban J connectivity index is 2.40. The molecule has 0 atom stereocenters. The van der Waals surface area contributed by atoms with Gasteiger partial charge in [-0.05, 0) is 38.5 Å². The topological polar surface area (TPSA) is 101 Å². The van der Waals surface area contributed by atoms with Crippen molar-refractivity contribution in [2.75, 3.05) is 10.0 Å². The van der Waals surface area contributed by atoms with Gasteiger partial charge in [0.25, 0.3) is 10.0 Å². The molecule has 1 aromatic carbocycles. The van der Waals surface area contributed by atoms with E-state index in [2.05, 4.69) is 15.2 Å². The molecule has 1 heterocycles. The number of carbonyl (C=O) groups excluding carboxylic acids is 1. The molecule has 0 bridgehead atoms. The summed E-state index contributed by atoms with van der Waals surface area (Å²) in [5.41, 5.74) is 2.19. The van der Waals surface area contributed by atoms with Crippen molar-refractivity contribution in [1.82, 2.24) is 5.16 Å². The van der Waals surface area contributed by atoms with E-state index in [1.165, 1.54) is 13.0 Å². The number of aromatic nitrogens is 1. The third kappa shape index (κ3) is 3.28. The van der Waals surface area contributed by atoms with Crippen LogP contribution in [0.2, 0.25) is 0 Å². The van der Waals surface area contributed by atoms with E-state index in [0.717, 1.165) is 0 Å². The Labute approximate surface area is 128 Å². The Bertz CT molecular complexity index is 825. The van der Waals surface area contributed by atoms with Gasteiger partial charge in [0.15, 0.2) is 0 Å². The highest BCUT2D eigenvalue weighted by Gasteiger charge is 2.21. The van der Waals surface area contributed by atoms with Gasteiger partial charge in [-0.1, -0.05) is 11.2 Å². The predicted octanol–water partition coefficient (Wildman–Crippen LogP) is 2.36. The minimum absolute atomic E-state index is 0.0622. The molecule has 0 aliphatic heterocycles. The van der Waals surface area contributed by atoms with Crippen LogP contribution in [0.15, 0.2) is 27.6 Å². The highest BCUT2D eigenvalue weighted by atomic mass is 32.2. The predicted molar refractivity (Wildman–Crippen MR) is 82.3 cm³/mol. The first-order chi connectivity index (χ1) is 10.2. The van der Waals surface area contributed by atoms with Gasteiger partial charge in [0, 0.05) is 18.2 Å². The highest BCUT2D eigenvalue weighted by Crippen LogP contribution is 2.25. The minimum atomic E-state index is -3.85. The SMILES string of the molecule is CC(=O)Nc1ccc(C)c(S(=O)(=O)Nc2onc(C)c2C)c1. The van der Waals surface area contributed by atoms with E-state index in [0.29, 0.717) is 22.5 Å². The molecular formula is C14H17N3O4S. The highest BCUT2D eigenvalue weighted by molar-refractivity contribution is 7.92. The lowest BCUT2D eigenvalue weighted by atomic mass is 10.2. The molecule has 2 aromatic rings. The van der Waals surface area contributed by atoms with Crippen LogP contribution < -0.4 is 10.0 Å². The molecule has 0 fully saturated rings. The Morgan fingerprint density at radius 1 is 1.23 bits per heavy atom. The van der Waals surface area contributed by atoms with Crippen molar-refractivity contribution in [2.45, 2.75) is 32.6 Å². The lowest BCUT2D eigenvalue weighted by molar-refractivity contribution is -0.114. The van der Waals surface area contributed by atoms with Gasteiger partial charge in [-0.15, -0.1) is 0 Å². The second-order valence-corrected chi connectivity index (χ2v) is 6.64. The van der Waals surface area contributed by atoms with Crippen LogP contribution in [0.1, 0.15) is 23.7 Å². The fourth-order valence-corrected chi connectivity index (χ4v) is 3.18. The zero-order chi connectivity index (χ0) is 16.5. The van der Waals surface area contributed by atoms with Crippen molar-refractivity contribution >= 4 is 27.5 Å². The lowest BCUT2D eigenvalue weighted by Crippen LogP contribution is -2.15. The average Bonchev–Trinajstić information content (AvgIpc) is 2.72. The maximum Gasteiger partial charge on any atom is 0.264 e. The molecule has 2 N–H and O–H groups in total. The standard InChI is InChI=1S/C14H17N3O4S/c1-8-5-6-12(15-11(4)18)7-13(8)22(19,20)17-14-9(2)10(3)16-21-14/h5-7,17H,1-4H3,(H,15,18). The van der Waals surface area contributed by atoms with E-state index >= 15 is 0 Å². The summed E-state index contributed by atoms with van der Waals surface area (Å²) in [6.45, 7) is 6.46. The molecule has 22 heavy (non-hydrogen) atoms. The number of hydrogen-bond donors (Lipinski definition) is 2. The number of benzene rings is 1. The first-order valence-electron chi connectivity index (χ1n) is 6.54. The molecule has 0 aliphatic carbocycles. The van der Waals surface area contributed by atoms with Gasteiger partial charge in [0.05, 0.1) is 10.6 Å². The quantitative estimate of drug-likeness (QED) is 0.899. The van der Waals surface area contributed by atoms with Crippen molar-refractivity contribution in [2.24, 2.45) is 0 Å². The summed E-state index contributed by atoms with van der Waals surface area (Å²) in [5.74, 6) is -0.191. The van der Waals surface area contributed by atoms with E-state index in [9.17, 15) is 13.2 Å². The molecule has 8 heteroatoms. The van der Waals surface area contributed by atoms with E-state index in [4.69, 9.17) is 4.52 Å². The Kier molecular flexibility index (Phi) is 4.23. The smallest absolute Gasteiger partial charge is 0.264 e. The molecule has 0 radical (unpaired) electrons. The van der Waals surface area contributed by atoms with E-state index in [1.54, 1.807) is 32.9 Å². The molecule has 0 spiro atoms. The van der Waals surface area contributed by atoms with E-state index in [1.807, 2.05) is 0 Å². The summed E-state index contributed by atoms with van der Waals surface area (Å²) in [6, 6.07) is 4.66. The molecular weight excluding hydrogens is 306 g/mol. The Morgan fingerprint density at radius 3 is 2.45 bits per heavy atom. The summed E-state index contributed by atoms with van der Waals surface area (Å²) in [4.78, 5) is 11.2. The lowest BCUT2D eigenvalue weighted by Gasteiger charge is -2.11. The van der Waals surface area contributed by atoms with E-state index in [-0.39, 0.29) is 16.7 Å². The second kappa shape index (κ2) is 5.80. The van der Waals surface area contributed by atoms with Crippen molar-refractivity contribution < 1.29 is 17.7 Å². The average molecular weight is 323 g/mol. The van der Waals surface area contributed by atoms with Gasteiger partial charge in [0.1, 0.15) is 0 Å². The third-order valence-corrected chi connectivity index (χ3v) is 4.66. The van der Waals surface area contributed by atoms with Gasteiger partial charge < -0.3 is 9.84 Å². The third-order valence-electron chi connectivity index (χ3n) is 3.18. The number of nitrogens with one attached hydrogen (secondary N) is 2. The molecule has 0 unspecified atom stereocenters. The number of nitrogens with zero attached hydrogens (tertiary/aromatic N) is 1. The number of aryl methyl sites for hydroxylation is 2. The van der Waals surface area contributed by atoms with Crippen LogP contribution >= 0.6 is 0 Å². The van der Waals surface area contributed by atoms with Crippen molar-refractivity contribution in [1.29, 1.82) is 0 Å². The van der Waals surface area contributed by atoms with Crippen LogP contribution in [0.3, 0.4) is 0 Å². The molecule has 7 nitrogen and oxygen atoms in total. The van der Waals surface area contributed by atoms with Gasteiger partial charge >= 0.3 is 0 Å². The summed E-state index contributed by atoms with van der Waals surface area (Å²) < 4.78 is 32.4. The maximum atomic E-state index is 12.5. The maximum absolute atomic E-state index is 12.5. The van der Waals surface area contributed by atoms with Crippen LogP contribution in [0.25, 0.3) is 0 Å². The normalized spacial score (nSPS) is 11.3. The minimum Gasteiger partial charge on any atom is -0.337 e. The number of amides is 1. The van der Waals surface area contributed by atoms with Crippen molar-refractivity contribution in [3.05, 3.63) is 35.0 Å². The molecule has 1 amide bonds. The Morgan fingerprint density at radius 2 is 1.91 bits per heavy atom. The van der Waals surface area contributed by atoms with Crippen LogP contribution in [-0.2, 0) is 14.8 Å². The summed E-state index contributed by atoms with van der Waals surface area (Å²) in [7, 11) is -3.85. The molecule has 118 valence electrons. The van der Waals surface area contributed by atoms with Crippen molar-refractivity contribution in [3.8, 4) is 0 Å². The second-order valence-electron chi connectivity index (χ2n) is 4.99. The fourth-order valence-electron chi connectivity index (χ4n) is 1.86. The first-order valence-corrected chi connectivity index (χ1v) is 8.03. The molecule has 0 saturated heterocycles. The summed E-state index contributed by atoms with van der Waals surface area (Å²) in [6.07, 6.45) is 0. The van der Waals surface area contributed by atoms with Gasteiger partial charge in [-0.25, -0.2) is 13.1 Å². The van der Waals surface area contributed by atoms with Crippen LogP contribution in [-0.4, -0.2) is 19.5 Å². The monoisotopic (exact) mass is 323 g/mol. The van der Waals surface area contributed by atoms with Gasteiger partial charge in [0.2, 0.25) is 11.8 Å². The zero-order valence-electron chi connectivity index (χ0n) is 12.7. The summed E-state index contributed by atoms with van der Waals surface area (Å²) in [5, 5.41) is 6.27. The van der Waals surface area contributed by atoms with Crippen LogP contribution in [0.4, 0.5) is 11.6 Å². The number of anilines is 2. The van der Waals surface area contributed by atoms with E-state index < -0.39 is 10.0 Å². The first kappa shape index (κ1) is 16.0. The fraction of sp³-hybridized carbons (Fsp3) is 0.286. The summed E-state index contributed by atoms with van der Waals surface area (Å²) >= 11 is 0.